The summed E-state index contributed by atoms with van der Waals surface area (Å²) >= 11 is 0. The summed E-state index contributed by atoms with van der Waals surface area (Å²) < 4.78 is 45.8. The van der Waals surface area contributed by atoms with E-state index in [0.29, 0.717) is 38.2 Å². The molecule has 1 unspecified atom stereocenters. The van der Waals surface area contributed by atoms with Crippen molar-refractivity contribution in [3.63, 3.8) is 0 Å². The second kappa shape index (κ2) is 11.9. The molecule has 0 aromatic heterocycles. The molecule has 3 aliphatic heterocycles. The number of alkyl halides is 3. The van der Waals surface area contributed by atoms with E-state index in [4.69, 9.17) is 10.00 Å². The van der Waals surface area contributed by atoms with Crippen LogP contribution in [0.1, 0.15) is 24.0 Å². The zero-order valence-corrected chi connectivity index (χ0v) is 20.9. The van der Waals surface area contributed by atoms with E-state index in [0.717, 1.165) is 44.5 Å². The first-order valence-electron chi connectivity index (χ1n) is 12.6. The summed E-state index contributed by atoms with van der Waals surface area (Å²) in [5.74, 6) is 0.449. The molecule has 37 heavy (non-hydrogen) atoms. The van der Waals surface area contributed by atoms with E-state index in [2.05, 4.69) is 15.5 Å². The van der Waals surface area contributed by atoms with Crippen LogP contribution in [0.25, 0.3) is 0 Å². The SMILES string of the molecule is CN1C=C(OCCN2CCNCC2)C=CC1NC(=O)C1CCN(c2ccc(C#N)c(C(F)(F)F)c2)CC1. The van der Waals surface area contributed by atoms with Gasteiger partial charge in [-0.15, -0.1) is 0 Å². The van der Waals surface area contributed by atoms with E-state index in [1.807, 2.05) is 35.2 Å². The van der Waals surface area contributed by atoms with Crippen LogP contribution in [0.15, 0.2) is 42.3 Å². The molecule has 11 heteroatoms. The summed E-state index contributed by atoms with van der Waals surface area (Å²) in [6.07, 6.45) is 1.81. The van der Waals surface area contributed by atoms with Gasteiger partial charge in [0.1, 0.15) is 18.5 Å². The van der Waals surface area contributed by atoms with E-state index < -0.39 is 17.3 Å². The van der Waals surface area contributed by atoms with Crippen LogP contribution in [0.2, 0.25) is 0 Å². The van der Waals surface area contributed by atoms with Gasteiger partial charge >= 0.3 is 6.18 Å². The van der Waals surface area contributed by atoms with Gasteiger partial charge in [0.2, 0.25) is 5.91 Å². The summed E-state index contributed by atoms with van der Waals surface area (Å²) in [5.41, 5.74) is -0.910. The van der Waals surface area contributed by atoms with Crippen molar-refractivity contribution in [1.29, 1.82) is 5.26 Å². The molecule has 0 radical (unpaired) electrons. The monoisotopic (exact) mass is 518 g/mol. The van der Waals surface area contributed by atoms with Gasteiger partial charge in [-0.05, 0) is 43.2 Å². The highest BCUT2D eigenvalue weighted by Gasteiger charge is 2.35. The summed E-state index contributed by atoms with van der Waals surface area (Å²) in [6, 6.07) is 5.37. The van der Waals surface area contributed by atoms with Crippen LogP contribution in [-0.2, 0) is 15.7 Å². The van der Waals surface area contributed by atoms with Crippen molar-refractivity contribution in [3.8, 4) is 6.07 Å². The second-order valence-electron chi connectivity index (χ2n) is 9.55. The highest BCUT2D eigenvalue weighted by molar-refractivity contribution is 5.79. The molecule has 200 valence electrons. The van der Waals surface area contributed by atoms with Crippen molar-refractivity contribution in [2.45, 2.75) is 25.2 Å². The Bertz CT molecular complexity index is 1050. The van der Waals surface area contributed by atoms with Gasteiger partial charge in [0.15, 0.2) is 0 Å². The lowest BCUT2D eigenvalue weighted by molar-refractivity contribution is -0.137. The lowest BCUT2D eigenvalue weighted by Crippen LogP contribution is -2.48. The quantitative estimate of drug-likeness (QED) is 0.574. The van der Waals surface area contributed by atoms with Crippen LogP contribution in [-0.4, -0.2) is 81.3 Å². The average molecular weight is 519 g/mol. The number of nitriles is 1. The molecule has 1 aromatic carbocycles. The third-order valence-electron chi connectivity index (χ3n) is 7.05. The van der Waals surface area contributed by atoms with Gasteiger partial charge in [-0.3, -0.25) is 9.69 Å². The van der Waals surface area contributed by atoms with Gasteiger partial charge in [-0.2, -0.15) is 18.4 Å². The average Bonchev–Trinajstić information content (AvgIpc) is 2.90. The zero-order chi connectivity index (χ0) is 26.4. The van der Waals surface area contributed by atoms with E-state index in [-0.39, 0.29) is 18.0 Å². The summed E-state index contributed by atoms with van der Waals surface area (Å²) in [5, 5.41) is 15.4. The Labute approximate surface area is 215 Å². The van der Waals surface area contributed by atoms with Crippen LogP contribution < -0.4 is 15.5 Å². The number of anilines is 1. The first-order valence-corrected chi connectivity index (χ1v) is 12.6. The van der Waals surface area contributed by atoms with Crippen LogP contribution in [0.4, 0.5) is 18.9 Å². The fraction of sp³-hybridized carbons (Fsp3) is 0.538. The highest BCUT2D eigenvalue weighted by Crippen LogP contribution is 2.35. The molecule has 2 fully saturated rings. The number of piperazine rings is 1. The van der Waals surface area contributed by atoms with Crippen molar-refractivity contribution >= 4 is 11.6 Å². The number of halogens is 3. The predicted molar refractivity (Wildman–Crippen MR) is 133 cm³/mol. The molecule has 0 spiro atoms. The summed E-state index contributed by atoms with van der Waals surface area (Å²) in [7, 11) is 1.87. The smallest absolute Gasteiger partial charge is 0.417 e. The van der Waals surface area contributed by atoms with Crippen molar-refractivity contribution in [3.05, 3.63) is 53.4 Å². The first-order chi connectivity index (χ1) is 17.7. The Kier molecular flexibility index (Phi) is 8.61. The number of hydrogen-bond acceptors (Lipinski definition) is 7. The van der Waals surface area contributed by atoms with Crippen molar-refractivity contribution in [2.75, 3.05) is 64.4 Å². The molecule has 0 aliphatic carbocycles. The molecule has 2 N–H and O–H groups in total. The minimum Gasteiger partial charge on any atom is -0.491 e. The molecule has 3 aliphatic rings. The van der Waals surface area contributed by atoms with E-state index in [9.17, 15) is 18.0 Å². The zero-order valence-electron chi connectivity index (χ0n) is 20.9. The molecule has 3 heterocycles. The van der Waals surface area contributed by atoms with Crippen molar-refractivity contribution < 1.29 is 22.7 Å². The molecule has 8 nitrogen and oxygen atoms in total. The number of ether oxygens (including phenoxy) is 1. The highest BCUT2D eigenvalue weighted by atomic mass is 19.4. The van der Waals surface area contributed by atoms with Gasteiger partial charge < -0.3 is 25.2 Å². The first kappa shape index (κ1) is 26.8. The fourth-order valence-corrected chi connectivity index (χ4v) is 4.83. The maximum absolute atomic E-state index is 13.3. The number of hydrogen-bond donors (Lipinski definition) is 2. The van der Waals surface area contributed by atoms with E-state index in [1.165, 1.54) is 12.1 Å². The normalized spacial score (nSPS) is 21.4. The molecule has 4 rings (SSSR count). The number of likely N-dealkylation sites (N-methyl/N-ethyl adjacent to an activating group) is 1. The Hall–Kier alpha value is -3.23. The largest absolute Gasteiger partial charge is 0.491 e. The number of amides is 1. The van der Waals surface area contributed by atoms with Gasteiger partial charge in [0.05, 0.1) is 17.2 Å². The fourth-order valence-electron chi connectivity index (χ4n) is 4.83. The molecule has 1 aromatic rings. The van der Waals surface area contributed by atoms with Gasteiger partial charge in [0, 0.05) is 70.7 Å². The standard InChI is InChI=1S/C26H33F3N6O2/c1-33-18-22(37-15-14-34-12-8-31-9-13-34)4-5-24(33)32-25(36)19-6-10-35(11-7-19)21-3-2-20(17-30)23(16-21)26(27,28)29/h2-5,16,18-19,24,31H,6-15H2,1H3,(H,32,36). The number of nitrogens with zero attached hydrogens (tertiary/aromatic N) is 4. The van der Waals surface area contributed by atoms with Crippen LogP contribution in [0.3, 0.4) is 0 Å². The molecule has 1 atom stereocenters. The number of nitrogens with one attached hydrogen (secondary N) is 2. The Morgan fingerprint density at radius 1 is 1.22 bits per heavy atom. The van der Waals surface area contributed by atoms with Crippen LogP contribution >= 0.6 is 0 Å². The third-order valence-corrected chi connectivity index (χ3v) is 7.05. The lowest BCUT2D eigenvalue weighted by atomic mass is 9.95. The molecule has 1 amide bonds. The Morgan fingerprint density at radius 2 is 1.95 bits per heavy atom. The number of allylic oxidation sites excluding steroid dienone is 1. The van der Waals surface area contributed by atoms with Crippen molar-refractivity contribution in [2.24, 2.45) is 5.92 Å². The molecular formula is C26H33F3N6O2. The molecule has 0 saturated carbocycles. The molecule has 2 saturated heterocycles. The third kappa shape index (κ3) is 6.96. The number of rotatable bonds is 7. The Balaban J connectivity index is 1.24. The topological polar surface area (TPSA) is 83.9 Å². The minimum atomic E-state index is -4.59. The second-order valence-corrected chi connectivity index (χ2v) is 9.55. The minimum absolute atomic E-state index is 0.0755. The van der Waals surface area contributed by atoms with Gasteiger partial charge in [-0.25, -0.2) is 0 Å². The maximum Gasteiger partial charge on any atom is 0.417 e. The van der Waals surface area contributed by atoms with E-state index >= 15 is 0 Å². The summed E-state index contributed by atoms with van der Waals surface area (Å²) in [4.78, 5) is 19.0. The molecular weight excluding hydrogens is 485 g/mol. The van der Waals surface area contributed by atoms with E-state index in [1.54, 1.807) is 6.07 Å². The molecule has 0 bridgehead atoms. The predicted octanol–water partition coefficient (Wildman–Crippen LogP) is 2.50. The number of benzene rings is 1. The van der Waals surface area contributed by atoms with Gasteiger partial charge in [-0.1, -0.05) is 0 Å². The van der Waals surface area contributed by atoms with Gasteiger partial charge in [0.25, 0.3) is 0 Å². The number of carbonyl (C=O) groups excluding carboxylic acids is 1. The lowest BCUT2D eigenvalue weighted by Gasteiger charge is -2.35. The van der Waals surface area contributed by atoms with Crippen molar-refractivity contribution in [1.82, 2.24) is 20.4 Å². The number of piperidine rings is 1. The van der Waals surface area contributed by atoms with Crippen LogP contribution in [0, 0.1) is 17.2 Å². The Morgan fingerprint density at radius 3 is 2.59 bits per heavy atom. The van der Waals surface area contributed by atoms with Crippen LogP contribution in [0.5, 0.6) is 0 Å². The summed E-state index contributed by atoms with van der Waals surface area (Å²) in [6.45, 7) is 6.44. The number of carbonyl (C=O) groups is 1. The maximum atomic E-state index is 13.3.